The van der Waals surface area contributed by atoms with E-state index in [2.05, 4.69) is 4.90 Å². The van der Waals surface area contributed by atoms with Crippen LogP contribution in [0.15, 0.2) is 0 Å². The molecule has 1 aliphatic heterocycles. The number of hydrogen-bond donors (Lipinski definition) is 1. The molecule has 0 saturated carbocycles. The summed E-state index contributed by atoms with van der Waals surface area (Å²) < 4.78 is 0. The monoisotopic (exact) mass is 320 g/mol. The molecule has 1 saturated heterocycles. The van der Waals surface area contributed by atoms with Crippen molar-refractivity contribution in [1.82, 2.24) is 9.80 Å². The van der Waals surface area contributed by atoms with Gasteiger partial charge >= 0.3 is 5.97 Å². The lowest BCUT2D eigenvalue weighted by molar-refractivity contribution is -0.144. The first kappa shape index (κ1) is 20.2. The number of piperidine rings is 1. The van der Waals surface area contributed by atoms with Crippen molar-refractivity contribution in [2.75, 3.05) is 13.1 Å². The predicted molar refractivity (Wildman–Crippen MR) is 85.8 cm³/mol. The molecule has 1 unspecified atom stereocenters. The number of carboxylic acid groups (broad SMARTS) is 1. The van der Waals surface area contributed by atoms with Gasteiger partial charge in [0.25, 0.3) is 0 Å². The second-order valence-electron chi connectivity index (χ2n) is 6.26. The van der Waals surface area contributed by atoms with E-state index in [9.17, 15) is 9.59 Å². The Labute approximate surface area is 134 Å². The molecule has 1 N–H and O–H groups in total. The largest absolute Gasteiger partial charge is 0.481 e. The Bertz CT molecular complexity index is 345. The number of carboxylic acids is 1. The maximum absolute atomic E-state index is 12.6. The first-order valence-corrected chi connectivity index (χ1v) is 7.54. The van der Waals surface area contributed by atoms with Crippen LogP contribution in [0.5, 0.6) is 0 Å². The van der Waals surface area contributed by atoms with Gasteiger partial charge in [-0.05, 0) is 60.5 Å². The van der Waals surface area contributed by atoms with Gasteiger partial charge in [-0.1, -0.05) is 0 Å². The van der Waals surface area contributed by atoms with E-state index in [1.54, 1.807) is 0 Å². The van der Waals surface area contributed by atoms with E-state index in [1.807, 2.05) is 39.5 Å². The predicted octanol–water partition coefficient (Wildman–Crippen LogP) is 2.24. The maximum Gasteiger partial charge on any atom is 0.306 e. The summed E-state index contributed by atoms with van der Waals surface area (Å²) in [5, 5.41) is 9.01. The number of amides is 1. The Morgan fingerprint density at radius 1 is 1.05 bits per heavy atom. The van der Waals surface area contributed by atoms with Gasteiger partial charge in [-0.3, -0.25) is 14.5 Å². The van der Waals surface area contributed by atoms with Crippen LogP contribution in [0, 0.1) is 5.92 Å². The third kappa shape index (κ3) is 5.15. The average molecular weight is 321 g/mol. The molecule has 1 aliphatic rings. The van der Waals surface area contributed by atoms with Crippen LogP contribution in [0.25, 0.3) is 0 Å². The number of aliphatic carboxylic acids is 1. The van der Waals surface area contributed by atoms with Gasteiger partial charge in [0, 0.05) is 12.1 Å². The Morgan fingerprint density at radius 2 is 1.48 bits per heavy atom. The standard InChI is InChI=1S/C15H28N2O3.ClH/c1-10(2)17(11(3)4)14(18)12(5)16-8-6-13(7-9-16)15(19)20;/h10-13H,6-9H2,1-5H3,(H,19,20);1H. The molecule has 1 rings (SSSR count). The Morgan fingerprint density at radius 3 is 1.81 bits per heavy atom. The van der Waals surface area contributed by atoms with Crippen molar-refractivity contribution in [2.45, 2.75) is 65.6 Å². The van der Waals surface area contributed by atoms with Gasteiger partial charge in [-0.15, -0.1) is 12.4 Å². The SMILES string of the molecule is CC(C(=O)N(C(C)C)C(C)C)N1CCC(C(=O)O)CC1.Cl. The van der Waals surface area contributed by atoms with Crippen LogP contribution in [-0.4, -0.2) is 58.0 Å². The molecule has 0 aromatic heterocycles. The number of likely N-dealkylation sites (tertiary alicyclic amines) is 1. The molecule has 1 heterocycles. The summed E-state index contributed by atoms with van der Waals surface area (Å²) in [6.45, 7) is 11.4. The average Bonchev–Trinajstić information content (AvgIpc) is 2.37. The molecule has 0 spiro atoms. The number of nitrogens with zero attached hydrogens (tertiary/aromatic N) is 2. The third-order valence-corrected chi connectivity index (χ3v) is 4.15. The van der Waals surface area contributed by atoms with E-state index in [1.165, 1.54) is 0 Å². The second kappa shape index (κ2) is 8.59. The summed E-state index contributed by atoms with van der Waals surface area (Å²) in [5.74, 6) is -0.821. The van der Waals surface area contributed by atoms with Crippen molar-refractivity contribution < 1.29 is 14.7 Å². The quantitative estimate of drug-likeness (QED) is 0.844. The zero-order valence-electron chi connectivity index (χ0n) is 13.7. The minimum absolute atomic E-state index is 0. The fourth-order valence-electron chi connectivity index (χ4n) is 3.01. The van der Waals surface area contributed by atoms with Gasteiger partial charge < -0.3 is 10.0 Å². The second-order valence-corrected chi connectivity index (χ2v) is 6.26. The van der Waals surface area contributed by atoms with Crippen molar-refractivity contribution in [3.63, 3.8) is 0 Å². The normalized spacial score (nSPS) is 18.4. The van der Waals surface area contributed by atoms with Gasteiger partial charge in [-0.2, -0.15) is 0 Å². The zero-order chi connectivity index (χ0) is 15.4. The van der Waals surface area contributed by atoms with Crippen LogP contribution >= 0.6 is 12.4 Å². The van der Waals surface area contributed by atoms with E-state index in [0.717, 1.165) is 0 Å². The summed E-state index contributed by atoms with van der Waals surface area (Å²) in [5.41, 5.74) is 0. The number of carbonyl (C=O) groups excluding carboxylic acids is 1. The van der Waals surface area contributed by atoms with Crippen molar-refractivity contribution >= 4 is 24.3 Å². The summed E-state index contributed by atoms with van der Waals surface area (Å²) in [6.07, 6.45) is 1.27. The topological polar surface area (TPSA) is 60.9 Å². The Kier molecular flexibility index (Phi) is 8.26. The molecule has 6 heteroatoms. The molecule has 124 valence electrons. The molecule has 21 heavy (non-hydrogen) atoms. The highest BCUT2D eigenvalue weighted by Crippen LogP contribution is 2.20. The van der Waals surface area contributed by atoms with E-state index in [0.29, 0.717) is 25.9 Å². The minimum atomic E-state index is -0.713. The molecule has 1 atom stereocenters. The molecule has 0 radical (unpaired) electrons. The summed E-state index contributed by atoms with van der Waals surface area (Å²) in [4.78, 5) is 27.6. The number of halogens is 1. The molecular weight excluding hydrogens is 292 g/mol. The van der Waals surface area contributed by atoms with Gasteiger partial charge in [0.15, 0.2) is 0 Å². The van der Waals surface area contributed by atoms with Crippen LogP contribution in [0.4, 0.5) is 0 Å². The zero-order valence-corrected chi connectivity index (χ0v) is 14.5. The molecule has 5 nitrogen and oxygen atoms in total. The van der Waals surface area contributed by atoms with Crippen LogP contribution in [0.2, 0.25) is 0 Å². The summed E-state index contributed by atoms with van der Waals surface area (Å²) in [7, 11) is 0. The minimum Gasteiger partial charge on any atom is -0.481 e. The van der Waals surface area contributed by atoms with Gasteiger partial charge in [0.2, 0.25) is 5.91 Å². The molecule has 0 aromatic rings. The van der Waals surface area contributed by atoms with Crippen molar-refractivity contribution in [3.8, 4) is 0 Å². The van der Waals surface area contributed by atoms with E-state index >= 15 is 0 Å². The number of rotatable bonds is 5. The highest BCUT2D eigenvalue weighted by molar-refractivity contribution is 5.85. The van der Waals surface area contributed by atoms with Crippen molar-refractivity contribution in [2.24, 2.45) is 5.92 Å². The smallest absolute Gasteiger partial charge is 0.306 e. The highest BCUT2D eigenvalue weighted by atomic mass is 35.5. The van der Waals surface area contributed by atoms with Crippen LogP contribution in [0.3, 0.4) is 0 Å². The third-order valence-electron chi connectivity index (χ3n) is 4.15. The molecule has 0 aliphatic carbocycles. The summed E-state index contributed by atoms with van der Waals surface area (Å²) in [6, 6.07) is 0.192. The molecular formula is C15H29ClN2O3. The molecule has 1 amide bonds. The number of carbonyl (C=O) groups is 2. The lowest BCUT2D eigenvalue weighted by Gasteiger charge is -2.39. The van der Waals surface area contributed by atoms with Crippen LogP contribution in [0.1, 0.15) is 47.5 Å². The first-order chi connectivity index (χ1) is 9.25. The van der Waals surface area contributed by atoms with Crippen LogP contribution < -0.4 is 0 Å². The first-order valence-electron chi connectivity index (χ1n) is 7.54. The summed E-state index contributed by atoms with van der Waals surface area (Å²) >= 11 is 0. The molecule has 0 aromatic carbocycles. The van der Waals surface area contributed by atoms with Crippen molar-refractivity contribution in [3.05, 3.63) is 0 Å². The van der Waals surface area contributed by atoms with Crippen LogP contribution in [-0.2, 0) is 9.59 Å². The van der Waals surface area contributed by atoms with Gasteiger partial charge in [-0.25, -0.2) is 0 Å². The molecule has 0 bridgehead atoms. The Hall–Kier alpha value is -0.810. The van der Waals surface area contributed by atoms with E-state index < -0.39 is 5.97 Å². The fourth-order valence-corrected chi connectivity index (χ4v) is 3.01. The maximum atomic E-state index is 12.6. The van der Waals surface area contributed by atoms with Crippen molar-refractivity contribution in [1.29, 1.82) is 0 Å². The van der Waals surface area contributed by atoms with Gasteiger partial charge in [0.1, 0.15) is 0 Å². The fraction of sp³-hybridized carbons (Fsp3) is 0.867. The lowest BCUT2D eigenvalue weighted by Crippen LogP contribution is -2.53. The van der Waals surface area contributed by atoms with Gasteiger partial charge in [0.05, 0.1) is 12.0 Å². The van der Waals surface area contributed by atoms with E-state index in [4.69, 9.17) is 5.11 Å². The highest BCUT2D eigenvalue weighted by Gasteiger charge is 2.32. The van der Waals surface area contributed by atoms with E-state index in [-0.39, 0.29) is 42.4 Å². The molecule has 1 fully saturated rings. The Balaban J connectivity index is 0.00000400. The number of hydrogen-bond acceptors (Lipinski definition) is 3. The lowest BCUT2D eigenvalue weighted by atomic mass is 9.96.